The normalized spacial score (nSPS) is 11.9. The fraction of sp³-hybridized carbons (Fsp3) is 0.389. The first-order valence-corrected chi connectivity index (χ1v) is 8.20. The molecule has 1 aromatic heterocycles. The fourth-order valence-corrected chi connectivity index (χ4v) is 2.19. The first-order chi connectivity index (χ1) is 11.9. The molecule has 1 N–H and O–H groups in total. The summed E-state index contributed by atoms with van der Waals surface area (Å²) < 4.78 is 12.2. The first-order valence-electron chi connectivity index (χ1n) is 8.20. The molecule has 1 heterocycles. The fourth-order valence-electron chi connectivity index (χ4n) is 2.19. The second kappa shape index (κ2) is 8.32. The van der Waals surface area contributed by atoms with Crippen LogP contribution in [0.5, 0.6) is 5.75 Å². The van der Waals surface area contributed by atoms with E-state index in [4.69, 9.17) is 9.47 Å². The van der Waals surface area contributed by atoms with Crippen molar-refractivity contribution in [2.45, 2.75) is 39.8 Å². The van der Waals surface area contributed by atoms with E-state index >= 15 is 0 Å². The Balaban J connectivity index is 1.95. The van der Waals surface area contributed by atoms with E-state index in [-0.39, 0.29) is 6.04 Å². The van der Waals surface area contributed by atoms with Crippen LogP contribution in [-0.4, -0.2) is 34.4 Å². The molecule has 0 fully saturated rings. The average Bonchev–Trinajstić information content (AvgIpc) is 3.04. The summed E-state index contributed by atoms with van der Waals surface area (Å²) in [5.41, 5.74) is 0.357. The molecule has 0 radical (unpaired) electrons. The lowest BCUT2D eigenvalue weighted by molar-refractivity contribution is -0.123. The number of rotatable bonds is 7. The van der Waals surface area contributed by atoms with E-state index in [1.165, 1.54) is 6.92 Å². The lowest BCUT2D eigenvalue weighted by Crippen LogP contribution is -2.31. The highest BCUT2D eigenvalue weighted by molar-refractivity contribution is 5.96. The van der Waals surface area contributed by atoms with Gasteiger partial charge in [0.15, 0.2) is 6.10 Å². The number of nitrogens with zero attached hydrogens (tertiary/aromatic N) is 2. The summed E-state index contributed by atoms with van der Waals surface area (Å²) in [7, 11) is 0. The average molecular weight is 345 g/mol. The first kappa shape index (κ1) is 18.5. The molecule has 1 aromatic carbocycles. The summed E-state index contributed by atoms with van der Waals surface area (Å²) in [6.07, 6.45) is 0.668. The summed E-state index contributed by atoms with van der Waals surface area (Å²) in [6, 6.07) is 8.38. The van der Waals surface area contributed by atoms with Crippen LogP contribution in [0, 0.1) is 0 Å². The Morgan fingerprint density at radius 1 is 1.16 bits per heavy atom. The molecule has 2 aromatic rings. The number of hydrogen-bond acceptors (Lipinski definition) is 5. The Bertz CT molecular complexity index is 722. The van der Waals surface area contributed by atoms with Crippen LogP contribution in [0.4, 0.5) is 5.82 Å². The van der Waals surface area contributed by atoms with E-state index in [1.807, 2.05) is 20.8 Å². The SMILES string of the molecule is CCOc1ccc(C(=O)O[C@@H](C)C(=O)Nc2ccnn2C(C)C)cc1. The lowest BCUT2D eigenvalue weighted by Gasteiger charge is -2.15. The number of anilines is 1. The lowest BCUT2D eigenvalue weighted by atomic mass is 10.2. The highest BCUT2D eigenvalue weighted by atomic mass is 16.5. The van der Waals surface area contributed by atoms with Crippen molar-refractivity contribution in [1.29, 1.82) is 0 Å². The van der Waals surface area contributed by atoms with Crippen molar-refractivity contribution in [3.8, 4) is 5.75 Å². The van der Waals surface area contributed by atoms with Gasteiger partial charge in [-0.25, -0.2) is 9.48 Å². The Labute approximate surface area is 146 Å². The summed E-state index contributed by atoms with van der Waals surface area (Å²) in [6.45, 7) is 7.87. The predicted octanol–water partition coefficient (Wildman–Crippen LogP) is 3.05. The zero-order chi connectivity index (χ0) is 18.4. The summed E-state index contributed by atoms with van der Waals surface area (Å²) in [4.78, 5) is 24.4. The van der Waals surface area contributed by atoms with E-state index in [2.05, 4.69) is 10.4 Å². The maximum atomic E-state index is 12.2. The third-order valence-corrected chi connectivity index (χ3v) is 3.46. The molecule has 0 saturated carbocycles. The van der Waals surface area contributed by atoms with Gasteiger partial charge in [0.05, 0.1) is 18.4 Å². The van der Waals surface area contributed by atoms with Crippen molar-refractivity contribution in [3.05, 3.63) is 42.1 Å². The number of carbonyl (C=O) groups is 2. The Hall–Kier alpha value is -2.83. The molecular formula is C18H23N3O4. The Morgan fingerprint density at radius 3 is 2.44 bits per heavy atom. The van der Waals surface area contributed by atoms with Crippen molar-refractivity contribution in [2.24, 2.45) is 0 Å². The van der Waals surface area contributed by atoms with Gasteiger partial charge < -0.3 is 14.8 Å². The van der Waals surface area contributed by atoms with Gasteiger partial charge in [0.2, 0.25) is 0 Å². The quantitative estimate of drug-likeness (QED) is 0.780. The molecule has 0 unspecified atom stereocenters. The van der Waals surface area contributed by atoms with Gasteiger partial charge in [-0.05, 0) is 52.0 Å². The summed E-state index contributed by atoms with van der Waals surface area (Å²) in [5, 5.41) is 6.86. The van der Waals surface area contributed by atoms with Crippen LogP contribution in [0.25, 0.3) is 0 Å². The number of aromatic nitrogens is 2. The van der Waals surface area contributed by atoms with Gasteiger partial charge in [0.25, 0.3) is 5.91 Å². The third-order valence-electron chi connectivity index (χ3n) is 3.46. The molecule has 0 aliphatic rings. The number of amides is 1. The zero-order valence-corrected chi connectivity index (χ0v) is 14.9. The van der Waals surface area contributed by atoms with Gasteiger partial charge in [-0.15, -0.1) is 0 Å². The molecule has 134 valence electrons. The second-order valence-corrected chi connectivity index (χ2v) is 5.75. The van der Waals surface area contributed by atoms with Gasteiger partial charge in [0.1, 0.15) is 11.6 Å². The predicted molar refractivity (Wildman–Crippen MR) is 93.7 cm³/mol. The molecule has 2 rings (SSSR count). The number of esters is 1. The van der Waals surface area contributed by atoms with E-state index in [1.54, 1.807) is 41.2 Å². The standard InChI is InChI=1S/C18H23N3O4/c1-5-24-15-8-6-14(7-9-15)18(23)25-13(4)17(22)20-16-10-11-19-21(16)12(2)3/h6-13H,5H2,1-4H3,(H,20,22)/t13-/m0/s1. The zero-order valence-electron chi connectivity index (χ0n) is 14.9. The molecule has 1 amide bonds. The number of ether oxygens (including phenoxy) is 2. The number of carbonyl (C=O) groups excluding carboxylic acids is 2. The van der Waals surface area contributed by atoms with Crippen molar-refractivity contribution < 1.29 is 19.1 Å². The van der Waals surface area contributed by atoms with Crippen LogP contribution in [0.1, 0.15) is 44.1 Å². The maximum absolute atomic E-state index is 12.2. The van der Waals surface area contributed by atoms with Crippen LogP contribution in [0.3, 0.4) is 0 Å². The van der Waals surface area contributed by atoms with Crippen LogP contribution >= 0.6 is 0 Å². The molecular weight excluding hydrogens is 322 g/mol. The molecule has 0 bridgehead atoms. The van der Waals surface area contributed by atoms with Crippen molar-refractivity contribution in [2.75, 3.05) is 11.9 Å². The van der Waals surface area contributed by atoms with E-state index in [0.717, 1.165) is 0 Å². The minimum atomic E-state index is -0.936. The van der Waals surface area contributed by atoms with Gasteiger partial charge in [-0.2, -0.15) is 5.10 Å². The highest BCUT2D eigenvalue weighted by Gasteiger charge is 2.20. The summed E-state index contributed by atoms with van der Waals surface area (Å²) >= 11 is 0. The largest absolute Gasteiger partial charge is 0.494 e. The Morgan fingerprint density at radius 2 is 1.84 bits per heavy atom. The second-order valence-electron chi connectivity index (χ2n) is 5.75. The topological polar surface area (TPSA) is 82.4 Å². The van der Waals surface area contributed by atoms with E-state index in [0.29, 0.717) is 23.7 Å². The maximum Gasteiger partial charge on any atom is 0.338 e. The molecule has 0 aliphatic heterocycles. The van der Waals surface area contributed by atoms with Crippen LogP contribution < -0.4 is 10.1 Å². The van der Waals surface area contributed by atoms with Gasteiger partial charge in [0, 0.05) is 12.1 Å². The van der Waals surface area contributed by atoms with Crippen molar-refractivity contribution in [3.63, 3.8) is 0 Å². The summed E-state index contributed by atoms with van der Waals surface area (Å²) in [5.74, 6) is 0.250. The van der Waals surface area contributed by atoms with E-state index in [9.17, 15) is 9.59 Å². The molecule has 25 heavy (non-hydrogen) atoms. The minimum Gasteiger partial charge on any atom is -0.494 e. The molecule has 1 atom stereocenters. The minimum absolute atomic E-state index is 0.104. The number of benzene rings is 1. The molecule has 0 aliphatic carbocycles. The monoisotopic (exact) mass is 345 g/mol. The Kier molecular flexibility index (Phi) is 6.16. The van der Waals surface area contributed by atoms with Crippen LogP contribution in [0.15, 0.2) is 36.5 Å². The highest BCUT2D eigenvalue weighted by Crippen LogP contribution is 2.15. The number of nitrogens with one attached hydrogen (secondary N) is 1. The van der Waals surface area contributed by atoms with Gasteiger partial charge in [-0.3, -0.25) is 4.79 Å². The van der Waals surface area contributed by atoms with Gasteiger partial charge in [-0.1, -0.05) is 0 Å². The van der Waals surface area contributed by atoms with Crippen molar-refractivity contribution >= 4 is 17.7 Å². The van der Waals surface area contributed by atoms with E-state index < -0.39 is 18.0 Å². The molecule has 0 spiro atoms. The number of hydrogen-bond donors (Lipinski definition) is 1. The van der Waals surface area contributed by atoms with Crippen LogP contribution in [-0.2, 0) is 9.53 Å². The molecule has 7 heteroatoms. The molecule has 7 nitrogen and oxygen atoms in total. The van der Waals surface area contributed by atoms with Crippen molar-refractivity contribution in [1.82, 2.24) is 9.78 Å². The van der Waals surface area contributed by atoms with Gasteiger partial charge >= 0.3 is 5.97 Å². The molecule has 0 saturated heterocycles. The third kappa shape index (κ3) is 4.82. The smallest absolute Gasteiger partial charge is 0.338 e. The van der Waals surface area contributed by atoms with Crippen LogP contribution in [0.2, 0.25) is 0 Å².